The minimum atomic E-state index is 0.224. The Labute approximate surface area is 120 Å². The average Bonchev–Trinajstić information content (AvgIpc) is 3.30. The first-order chi connectivity index (χ1) is 9.79. The van der Waals surface area contributed by atoms with Crippen molar-refractivity contribution in [3.05, 3.63) is 29.8 Å². The Morgan fingerprint density at radius 1 is 1.10 bits per heavy atom. The molecule has 1 aliphatic heterocycles. The Balaban J connectivity index is 1.60. The van der Waals surface area contributed by atoms with Crippen molar-refractivity contribution >= 4 is 5.91 Å². The molecule has 3 nitrogen and oxygen atoms in total. The SMILES string of the molecule is COc1ccc(C2CC2C(=O)N2CCCCCC2)cc1. The fraction of sp³-hybridized carbons (Fsp3) is 0.588. The van der Waals surface area contributed by atoms with Gasteiger partial charge in [0.15, 0.2) is 0 Å². The largest absolute Gasteiger partial charge is 0.497 e. The molecule has 0 bridgehead atoms. The third-order valence-corrected chi connectivity index (χ3v) is 4.57. The molecule has 1 aromatic carbocycles. The molecule has 2 unspecified atom stereocenters. The van der Waals surface area contributed by atoms with E-state index in [-0.39, 0.29) is 5.92 Å². The van der Waals surface area contributed by atoms with E-state index in [2.05, 4.69) is 17.0 Å². The van der Waals surface area contributed by atoms with Gasteiger partial charge in [0, 0.05) is 19.0 Å². The molecule has 0 N–H and O–H groups in total. The zero-order chi connectivity index (χ0) is 13.9. The Hall–Kier alpha value is -1.51. The molecule has 1 saturated heterocycles. The van der Waals surface area contributed by atoms with Crippen LogP contribution in [0.2, 0.25) is 0 Å². The van der Waals surface area contributed by atoms with Crippen molar-refractivity contribution in [3.8, 4) is 5.75 Å². The van der Waals surface area contributed by atoms with Gasteiger partial charge < -0.3 is 9.64 Å². The van der Waals surface area contributed by atoms with E-state index in [1.165, 1.54) is 31.2 Å². The number of nitrogens with zero attached hydrogens (tertiary/aromatic N) is 1. The summed E-state index contributed by atoms with van der Waals surface area (Å²) in [5, 5.41) is 0. The number of likely N-dealkylation sites (tertiary alicyclic amines) is 1. The van der Waals surface area contributed by atoms with Crippen LogP contribution < -0.4 is 4.74 Å². The second-order valence-electron chi connectivity index (χ2n) is 5.96. The summed E-state index contributed by atoms with van der Waals surface area (Å²) in [5.74, 6) is 1.91. The molecule has 1 aliphatic carbocycles. The van der Waals surface area contributed by atoms with Crippen molar-refractivity contribution in [2.45, 2.75) is 38.0 Å². The van der Waals surface area contributed by atoms with E-state index in [1.807, 2.05) is 12.1 Å². The van der Waals surface area contributed by atoms with Gasteiger partial charge in [-0.2, -0.15) is 0 Å². The van der Waals surface area contributed by atoms with E-state index in [1.54, 1.807) is 7.11 Å². The van der Waals surface area contributed by atoms with Gasteiger partial charge in [0.1, 0.15) is 5.75 Å². The summed E-state index contributed by atoms with van der Waals surface area (Å²) in [6.45, 7) is 1.93. The number of hydrogen-bond acceptors (Lipinski definition) is 2. The van der Waals surface area contributed by atoms with Crippen molar-refractivity contribution in [3.63, 3.8) is 0 Å². The highest BCUT2D eigenvalue weighted by molar-refractivity contribution is 5.83. The third-order valence-electron chi connectivity index (χ3n) is 4.57. The second-order valence-corrected chi connectivity index (χ2v) is 5.96. The summed E-state index contributed by atoms with van der Waals surface area (Å²) in [6, 6.07) is 8.17. The standard InChI is InChI=1S/C17H23NO2/c1-20-14-8-6-13(7-9-14)15-12-16(15)17(19)18-10-4-2-3-5-11-18/h6-9,15-16H,2-5,10-12H2,1H3. The molecule has 0 radical (unpaired) electrons. The lowest BCUT2D eigenvalue weighted by molar-refractivity contribution is -0.132. The van der Waals surface area contributed by atoms with Crippen molar-refractivity contribution in [1.82, 2.24) is 4.90 Å². The summed E-state index contributed by atoms with van der Waals surface area (Å²) >= 11 is 0. The fourth-order valence-corrected chi connectivity index (χ4v) is 3.21. The van der Waals surface area contributed by atoms with Gasteiger partial charge in [0.25, 0.3) is 0 Å². The highest BCUT2D eigenvalue weighted by Crippen LogP contribution is 2.48. The number of amides is 1. The van der Waals surface area contributed by atoms with Gasteiger partial charge in [-0.3, -0.25) is 4.79 Å². The normalized spacial score (nSPS) is 25.9. The van der Waals surface area contributed by atoms with Crippen LogP contribution in [-0.4, -0.2) is 31.0 Å². The number of methoxy groups -OCH3 is 1. The van der Waals surface area contributed by atoms with Crippen LogP contribution in [0.15, 0.2) is 24.3 Å². The van der Waals surface area contributed by atoms with Gasteiger partial charge >= 0.3 is 0 Å². The second kappa shape index (κ2) is 5.86. The molecule has 2 fully saturated rings. The highest BCUT2D eigenvalue weighted by atomic mass is 16.5. The number of hydrogen-bond donors (Lipinski definition) is 0. The molecule has 2 atom stereocenters. The monoisotopic (exact) mass is 273 g/mol. The number of carbonyl (C=O) groups is 1. The zero-order valence-electron chi connectivity index (χ0n) is 12.2. The Morgan fingerprint density at radius 3 is 2.35 bits per heavy atom. The van der Waals surface area contributed by atoms with Crippen LogP contribution >= 0.6 is 0 Å². The van der Waals surface area contributed by atoms with Crippen molar-refractivity contribution in [2.24, 2.45) is 5.92 Å². The Kier molecular flexibility index (Phi) is 3.95. The lowest BCUT2D eigenvalue weighted by atomic mass is 10.1. The Bertz CT molecular complexity index is 460. The van der Waals surface area contributed by atoms with E-state index in [9.17, 15) is 4.79 Å². The van der Waals surface area contributed by atoms with Gasteiger partial charge in [-0.1, -0.05) is 25.0 Å². The first-order valence-electron chi connectivity index (χ1n) is 7.72. The smallest absolute Gasteiger partial charge is 0.226 e. The summed E-state index contributed by atoms with van der Waals surface area (Å²) in [7, 11) is 1.68. The molecule has 2 aliphatic rings. The average molecular weight is 273 g/mol. The van der Waals surface area contributed by atoms with Gasteiger partial charge in [-0.15, -0.1) is 0 Å². The van der Waals surface area contributed by atoms with Crippen LogP contribution in [-0.2, 0) is 4.79 Å². The minimum Gasteiger partial charge on any atom is -0.497 e. The molecule has 1 heterocycles. The van der Waals surface area contributed by atoms with E-state index in [0.717, 1.165) is 25.3 Å². The number of carbonyl (C=O) groups excluding carboxylic acids is 1. The minimum absolute atomic E-state index is 0.224. The van der Waals surface area contributed by atoms with Crippen LogP contribution in [0, 0.1) is 5.92 Å². The number of rotatable bonds is 3. The predicted octanol–water partition coefficient (Wildman–Crippen LogP) is 3.20. The van der Waals surface area contributed by atoms with Crippen molar-refractivity contribution in [2.75, 3.05) is 20.2 Å². The van der Waals surface area contributed by atoms with Crippen LogP contribution in [0.3, 0.4) is 0 Å². The molecular formula is C17H23NO2. The lowest BCUT2D eigenvalue weighted by Crippen LogP contribution is -2.33. The Morgan fingerprint density at radius 2 is 1.75 bits per heavy atom. The summed E-state index contributed by atoms with van der Waals surface area (Å²) in [4.78, 5) is 14.6. The first kappa shape index (κ1) is 13.5. The van der Waals surface area contributed by atoms with E-state index in [0.29, 0.717) is 11.8 Å². The summed E-state index contributed by atoms with van der Waals surface area (Å²) in [5.41, 5.74) is 1.28. The first-order valence-corrected chi connectivity index (χ1v) is 7.72. The molecule has 0 aromatic heterocycles. The van der Waals surface area contributed by atoms with Gasteiger partial charge in [0.2, 0.25) is 5.91 Å². The maximum Gasteiger partial charge on any atom is 0.226 e. The lowest BCUT2D eigenvalue weighted by Gasteiger charge is -2.20. The van der Waals surface area contributed by atoms with Crippen LogP contribution in [0.25, 0.3) is 0 Å². The zero-order valence-corrected chi connectivity index (χ0v) is 12.2. The quantitative estimate of drug-likeness (QED) is 0.846. The van der Waals surface area contributed by atoms with Gasteiger partial charge in [0.05, 0.1) is 7.11 Å². The fourth-order valence-electron chi connectivity index (χ4n) is 3.21. The van der Waals surface area contributed by atoms with Crippen molar-refractivity contribution in [1.29, 1.82) is 0 Å². The van der Waals surface area contributed by atoms with E-state index in [4.69, 9.17) is 4.74 Å². The number of ether oxygens (including phenoxy) is 1. The molecule has 20 heavy (non-hydrogen) atoms. The number of benzene rings is 1. The third kappa shape index (κ3) is 2.82. The van der Waals surface area contributed by atoms with E-state index < -0.39 is 0 Å². The summed E-state index contributed by atoms with van der Waals surface area (Å²) in [6.07, 6.45) is 5.91. The predicted molar refractivity (Wildman–Crippen MR) is 78.9 cm³/mol. The van der Waals surface area contributed by atoms with Crippen LogP contribution in [0.5, 0.6) is 5.75 Å². The molecule has 3 heteroatoms. The van der Waals surface area contributed by atoms with Crippen molar-refractivity contribution < 1.29 is 9.53 Å². The summed E-state index contributed by atoms with van der Waals surface area (Å²) < 4.78 is 5.18. The van der Waals surface area contributed by atoms with Gasteiger partial charge in [-0.25, -0.2) is 0 Å². The van der Waals surface area contributed by atoms with Crippen LogP contribution in [0.4, 0.5) is 0 Å². The molecule has 3 rings (SSSR count). The molecular weight excluding hydrogens is 250 g/mol. The molecule has 108 valence electrons. The van der Waals surface area contributed by atoms with E-state index >= 15 is 0 Å². The molecule has 0 spiro atoms. The maximum absolute atomic E-state index is 12.5. The molecule has 1 amide bonds. The van der Waals surface area contributed by atoms with Gasteiger partial charge in [-0.05, 0) is 42.9 Å². The molecule has 1 saturated carbocycles. The molecule has 1 aromatic rings. The maximum atomic E-state index is 12.5. The van der Waals surface area contributed by atoms with Crippen LogP contribution in [0.1, 0.15) is 43.6 Å². The highest BCUT2D eigenvalue weighted by Gasteiger charge is 2.45. The topological polar surface area (TPSA) is 29.5 Å².